The van der Waals surface area contributed by atoms with Crippen LogP contribution in [0.3, 0.4) is 0 Å². The van der Waals surface area contributed by atoms with Crippen molar-refractivity contribution in [2.24, 2.45) is 0 Å². The van der Waals surface area contributed by atoms with Crippen LogP contribution in [-0.2, 0) is 11.2 Å². The summed E-state index contributed by atoms with van der Waals surface area (Å²) in [6.07, 6.45) is 3.27. The smallest absolute Gasteiger partial charge is 0.227 e. The van der Waals surface area contributed by atoms with E-state index in [-0.39, 0.29) is 24.3 Å². The summed E-state index contributed by atoms with van der Waals surface area (Å²) in [6, 6.07) is 2.11. The second kappa shape index (κ2) is 5.77. The molecule has 1 aliphatic heterocycles. The summed E-state index contributed by atoms with van der Waals surface area (Å²) < 4.78 is 11.9. The van der Waals surface area contributed by atoms with E-state index in [9.17, 15) is 0 Å². The number of thiophene rings is 1. The van der Waals surface area contributed by atoms with E-state index in [0.717, 1.165) is 29.5 Å². The minimum atomic E-state index is 0.117. The highest BCUT2D eigenvalue weighted by molar-refractivity contribution is 7.18. The first-order valence-electron chi connectivity index (χ1n) is 7.43. The number of nitrogen functional groups attached to an aromatic ring is 1. The molecule has 0 amide bonds. The topological polar surface area (TPSA) is 70.3 Å². The Hall–Kier alpha value is -1.40. The summed E-state index contributed by atoms with van der Waals surface area (Å²) in [6.45, 7) is 6.29. The van der Waals surface area contributed by atoms with E-state index in [1.807, 2.05) is 0 Å². The Morgan fingerprint density at radius 1 is 1.33 bits per heavy atom. The fraction of sp³-hybridized carbons (Fsp3) is 0.600. The van der Waals surface area contributed by atoms with Crippen LogP contribution in [0.15, 0.2) is 6.07 Å². The Labute approximate surface area is 128 Å². The van der Waals surface area contributed by atoms with Crippen molar-refractivity contribution in [1.82, 2.24) is 9.97 Å². The van der Waals surface area contributed by atoms with E-state index in [1.165, 1.54) is 4.88 Å². The van der Waals surface area contributed by atoms with Crippen LogP contribution in [-0.4, -0.2) is 28.3 Å². The molecule has 0 aromatic carbocycles. The van der Waals surface area contributed by atoms with Crippen molar-refractivity contribution in [3.05, 3.63) is 10.9 Å². The molecule has 0 saturated carbocycles. The van der Waals surface area contributed by atoms with Crippen molar-refractivity contribution < 1.29 is 9.47 Å². The maximum atomic E-state index is 6.14. The minimum Gasteiger partial charge on any atom is -0.474 e. The SMILES string of the molecule is CCc1cc2c(OC3CC(C)OC(C)C3)nc(N)nc2s1. The molecular weight excluding hydrogens is 286 g/mol. The highest BCUT2D eigenvalue weighted by Gasteiger charge is 2.27. The monoisotopic (exact) mass is 307 g/mol. The number of nitrogens with zero attached hydrogens (tertiary/aromatic N) is 2. The molecule has 0 bridgehead atoms. The fourth-order valence-corrected chi connectivity index (χ4v) is 3.79. The molecule has 5 nitrogen and oxygen atoms in total. The van der Waals surface area contributed by atoms with Gasteiger partial charge < -0.3 is 15.2 Å². The first-order chi connectivity index (χ1) is 10.0. The van der Waals surface area contributed by atoms with Crippen LogP contribution in [0, 0.1) is 0 Å². The number of hydrogen-bond acceptors (Lipinski definition) is 6. The lowest BCUT2D eigenvalue weighted by molar-refractivity contribution is -0.0726. The molecule has 2 unspecified atom stereocenters. The van der Waals surface area contributed by atoms with E-state index in [2.05, 4.69) is 36.8 Å². The Kier molecular flexibility index (Phi) is 3.99. The average Bonchev–Trinajstić information content (AvgIpc) is 2.80. The predicted molar refractivity (Wildman–Crippen MR) is 84.9 cm³/mol. The summed E-state index contributed by atoms with van der Waals surface area (Å²) in [5.41, 5.74) is 5.81. The first-order valence-corrected chi connectivity index (χ1v) is 8.24. The van der Waals surface area contributed by atoms with Gasteiger partial charge in [-0.25, -0.2) is 4.98 Å². The van der Waals surface area contributed by atoms with Crippen LogP contribution in [0.4, 0.5) is 5.95 Å². The van der Waals surface area contributed by atoms with Crippen molar-refractivity contribution in [3.63, 3.8) is 0 Å². The van der Waals surface area contributed by atoms with E-state index in [4.69, 9.17) is 15.2 Å². The zero-order valence-corrected chi connectivity index (χ0v) is 13.4. The molecule has 0 radical (unpaired) electrons. The van der Waals surface area contributed by atoms with Crippen LogP contribution in [0.25, 0.3) is 10.2 Å². The molecule has 1 aliphatic rings. The number of anilines is 1. The van der Waals surface area contributed by atoms with Gasteiger partial charge in [0.15, 0.2) is 0 Å². The van der Waals surface area contributed by atoms with Gasteiger partial charge in [0.2, 0.25) is 11.8 Å². The molecule has 114 valence electrons. The second-order valence-electron chi connectivity index (χ2n) is 5.64. The summed E-state index contributed by atoms with van der Waals surface area (Å²) in [5.74, 6) is 0.884. The van der Waals surface area contributed by atoms with Gasteiger partial charge in [-0.05, 0) is 26.3 Å². The number of aromatic nitrogens is 2. The number of hydrogen-bond donors (Lipinski definition) is 1. The fourth-order valence-electron chi connectivity index (χ4n) is 2.82. The highest BCUT2D eigenvalue weighted by Crippen LogP contribution is 2.33. The first kappa shape index (κ1) is 14.5. The van der Waals surface area contributed by atoms with Crippen molar-refractivity contribution in [2.75, 3.05) is 5.73 Å². The Morgan fingerprint density at radius 2 is 2.05 bits per heavy atom. The van der Waals surface area contributed by atoms with Gasteiger partial charge in [-0.1, -0.05) is 6.92 Å². The van der Waals surface area contributed by atoms with Gasteiger partial charge in [0.05, 0.1) is 17.6 Å². The van der Waals surface area contributed by atoms with Crippen molar-refractivity contribution in [1.29, 1.82) is 0 Å². The van der Waals surface area contributed by atoms with Gasteiger partial charge >= 0.3 is 0 Å². The lowest BCUT2D eigenvalue weighted by Crippen LogP contribution is -2.35. The standard InChI is InChI=1S/C15H21N3O2S/c1-4-11-7-12-13(17-15(16)18-14(12)21-11)20-10-5-8(2)19-9(3)6-10/h7-10H,4-6H2,1-3H3,(H2,16,17,18). The van der Waals surface area contributed by atoms with Crippen LogP contribution < -0.4 is 10.5 Å². The minimum absolute atomic E-state index is 0.117. The molecule has 0 spiro atoms. The second-order valence-corrected chi connectivity index (χ2v) is 6.76. The molecule has 2 N–H and O–H groups in total. The maximum absolute atomic E-state index is 6.14. The third-order valence-electron chi connectivity index (χ3n) is 3.71. The molecule has 1 saturated heterocycles. The summed E-state index contributed by atoms with van der Waals surface area (Å²) in [4.78, 5) is 10.8. The molecule has 3 rings (SSSR count). The van der Waals surface area contributed by atoms with E-state index in [0.29, 0.717) is 5.88 Å². The van der Waals surface area contributed by atoms with E-state index >= 15 is 0 Å². The molecule has 21 heavy (non-hydrogen) atoms. The van der Waals surface area contributed by atoms with Gasteiger partial charge in [0.1, 0.15) is 10.9 Å². The highest BCUT2D eigenvalue weighted by atomic mass is 32.1. The van der Waals surface area contributed by atoms with Crippen LogP contribution in [0.1, 0.15) is 38.5 Å². The number of rotatable bonds is 3. The maximum Gasteiger partial charge on any atom is 0.227 e. The van der Waals surface area contributed by atoms with Gasteiger partial charge in [0, 0.05) is 17.7 Å². The molecule has 3 heterocycles. The molecule has 2 aromatic heterocycles. The number of ether oxygens (including phenoxy) is 2. The van der Waals surface area contributed by atoms with Crippen LogP contribution >= 0.6 is 11.3 Å². The van der Waals surface area contributed by atoms with E-state index in [1.54, 1.807) is 11.3 Å². The molecule has 0 aliphatic carbocycles. The quantitative estimate of drug-likeness (QED) is 0.943. The molecule has 2 aromatic rings. The van der Waals surface area contributed by atoms with Crippen molar-refractivity contribution in [2.45, 2.75) is 58.3 Å². The van der Waals surface area contributed by atoms with Gasteiger partial charge in [-0.15, -0.1) is 11.3 Å². The lowest BCUT2D eigenvalue weighted by Gasteiger charge is -2.32. The predicted octanol–water partition coefficient (Wildman–Crippen LogP) is 3.17. The largest absolute Gasteiger partial charge is 0.474 e. The van der Waals surface area contributed by atoms with Gasteiger partial charge in [0.25, 0.3) is 0 Å². The van der Waals surface area contributed by atoms with Crippen LogP contribution in [0.2, 0.25) is 0 Å². The van der Waals surface area contributed by atoms with Crippen molar-refractivity contribution in [3.8, 4) is 5.88 Å². The summed E-state index contributed by atoms with van der Waals surface area (Å²) in [7, 11) is 0. The van der Waals surface area contributed by atoms with Crippen LogP contribution in [0.5, 0.6) is 5.88 Å². The third-order valence-corrected chi connectivity index (χ3v) is 4.88. The van der Waals surface area contributed by atoms with Gasteiger partial charge in [-0.2, -0.15) is 4.98 Å². The zero-order valence-electron chi connectivity index (χ0n) is 12.6. The molecule has 1 fully saturated rings. The molecular formula is C15H21N3O2S. The third kappa shape index (κ3) is 3.11. The normalized spacial score (nSPS) is 26.1. The molecule has 2 atom stereocenters. The number of fused-ring (bicyclic) bond motifs is 1. The van der Waals surface area contributed by atoms with E-state index < -0.39 is 0 Å². The Balaban J connectivity index is 1.90. The Bertz CT molecular complexity index is 633. The average molecular weight is 307 g/mol. The Morgan fingerprint density at radius 3 is 2.71 bits per heavy atom. The number of aryl methyl sites for hydroxylation is 1. The van der Waals surface area contributed by atoms with Gasteiger partial charge in [-0.3, -0.25) is 0 Å². The zero-order chi connectivity index (χ0) is 15.0. The number of nitrogens with two attached hydrogens (primary N) is 1. The lowest BCUT2D eigenvalue weighted by atomic mass is 10.0. The summed E-state index contributed by atoms with van der Waals surface area (Å²) in [5, 5.41) is 0.970. The summed E-state index contributed by atoms with van der Waals surface area (Å²) >= 11 is 1.65. The molecule has 6 heteroatoms. The van der Waals surface area contributed by atoms with Crippen molar-refractivity contribution >= 4 is 27.5 Å².